The Labute approximate surface area is 130 Å². The summed E-state index contributed by atoms with van der Waals surface area (Å²) in [6.45, 7) is 8.18. The minimum Gasteiger partial charge on any atom is -0.348 e. The van der Waals surface area contributed by atoms with Crippen molar-refractivity contribution >= 4 is 15.9 Å². The van der Waals surface area contributed by atoms with E-state index in [9.17, 15) is 0 Å². The summed E-state index contributed by atoms with van der Waals surface area (Å²) in [5.41, 5.74) is 5.69. The van der Waals surface area contributed by atoms with Gasteiger partial charge in [-0.2, -0.15) is 0 Å². The van der Waals surface area contributed by atoms with Crippen LogP contribution in [-0.2, 0) is 9.47 Å². The Morgan fingerprint density at radius 3 is 2.25 bits per heavy atom. The van der Waals surface area contributed by atoms with Crippen LogP contribution in [0, 0.1) is 20.8 Å². The van der Waals surface area contributed by atoms with Crippen molar-refractivity contribution in [2.75, 3.05) is 13.2 Å². The molecule has 110 valence electrons. The minimum atomic E-state index is -0.246. The van der Waals surface area contributed by atoms with Gasteiger partial charge in [-0.1, -0.05) is 22.0 Å². The van der Waals surface area contributed by atoms with Gasteiger partial charge in [0.2, 0.25) is 0 Å². The molecular formula is C17H23BrO2. The lowest BCUT2D eigenvalue weighted by atomic mass is 9.78. The lowest BCUT2D eigenvalue weighted by Crippen LogP contribution is -2.34. The molecule has 20 heavy (non-hydrogen) atoms. The Bertz CT molecular complexity index is 508. The van der Waals surface area contributed by atoms with Crippen LogP contribution in [0.5, 0.6) is 0 Å². The van der Waals surface area contributed by atoms with Crippen molar-refractivity contribution < 1.29 is 9.47 Å². The van der Waals surface area contributed by atoms with Crippen LogP contribution >= 0.6 is 15.9 Å². The molecule has 0 aromatic heterocycles. The number of hydrogen-bond acceptors (Lipinski definition) is 2. The zero-order valence-corrected chi connectivity index (χ0v) is 14.2. The predicted octanol–water partition coefficient (Wildman–Crippen LogP) is 4.78. The van der Waals surface area contributed by atoms with Gasteiger partial charge in [0.25, 0.3) is 0 Å². The van der Waals surface area contributed by atoms with Gasteiger partial charge in [-0.05, 0) is 61.8 Å². The number of rotatable bonds is 1. The zero-order chi connectivity index (χ0) is 14.3. The third kappa shape index (κ3) is 2.44. The molecule has 1 saturated carbocycles. The van der Waals surface area contributed by atoms with Gasteiger partial charge in [0.1, 0.15) is 0 Å². The molecule has 0 unspecified atom stereocenters. The first kappa shape index (κ1) is 14.6. The molecule has 3 heteroatoms. The van der Waals surface area contributed by atoms with Crippen LogP contribution in [0.1, 0.15) is 53.9 Å². The Hall–Kier alpha value is -0.380. The van der Waals surface area contributed by atoms with E-state index in [0.717, 1.165) is 26.1 Å². The molecule has 0 bridgehead atoms. The maximum absolute atomic E-state index is 5.83. The van der Waals surface area contributed by atoms with Crippen molar-refractivity contribution in [3.05, 3.63) is 32.8 Å². The van der Waals surface area contributed by atoms with Gasteiger partial charge in [0, 0.05) is 17.3 Å². The van der Waals surface area contributed by atoms with Crippen LogP contribution < -0.4 is 0 Å². The molecule has 1 saturated heterocycles. The molecule has 0 amide bonds. The lowest BCUT2D eigenvalue weighted by Gasteiger charge is -2.36. The summed E-state index contributed by atoms with van der Waals surface area (Å²) in [6.07, 6.45) is 4.40. The molecule has 1 aliphatic heterocycles. The molecule has 1 spiro atoms. The van der Waals surface area contributed by atoms with E-state index in [1.54, 1.807) is 0 Å². The van der Waals surface area contributed by atoms with Gasteiger partial charge in [-0.15, -0.1) is 0 Å². The average Bonchev–Trinajstić information content (AvgIpc) is 2.90. The highest BCUT2D eigenvalue weighted by Crippen LogP contribution is 2.44. The fraction of sp³-hybridized carbons (Fsp3) is 0.647. The standard InChI is InChI=1S/C17H23BrO2/c1-11-10-15(12(2)13(3)16(11)18)14-4-6-17(7-5-14)19-8-9-20-17/h10,14H,4-9H2,1-3H3. The molecule has 2 nitrogen and oxygen atoms in total. The van der Waals surface area contributed by atoms with Crippen molar-refractivity contribution in [2.24, 2.45) is 0 Å². The van der Waals surface area contributed by atoms with Crippen molar-refractivity contribution in [2.45, 2.75) is 58.2 Å². The summed E-state index contributed by atoms with van der Waals surface area (Å²) in [6, 6.07) is 2.37. The van der Waals surface area contributed by atoms with E-state index in [0.29, 0.717) is 5.92 Å². The van der Waals surface area contributed by atoms with E-state index < -0.39 is 0 Å². The third-order valence-corrected chi connectivity index (χ3v) is 6.26. The summed E-state index contributed by atoms with van der Waals surface area (Å²) >= 11 is 3.70. The molecule has 1 aromatic carbocycles. The number of hydrogen-bond donors (Lipinski definition) is 0. The van der Waals surface area contributed by atoms with Crippen LogP contribution in [-0.4, -0.2) is 19.0 Å². The molecular weight excluding hydrogens is 316 g/mol. The van der Waals surface area contributed by atoms with Crippen LogP contribution in [0.3, 0.4) is 0 Å². The van der Waals surface area contributed by atoms with E-state index in [2.05, 4.69) is 42.8 Å². The predicted molar refractivity (Wildman–Crippen MR) is 84.2 cm³/mol. The number of benzene rings is 1. The second-order valence-corrected chi connectivity index (χ2v) is 7.02. The fourth-order valence-electron chi connectivity index (χ4n) is 3.66. The van der Waals surface area contributed by atoms with Gasteiger partial charge in [-0.3, -0.25) is 0 Å². The molecule has 1 aromatic rings. The van der Waals surface area contributed by atoms with Crippen molar-refractivity contribution in [1.29, 1.82) is 0 Å². The van der Waals surface area contributed by atoms with Gasteiger partial charge in [-0.25, -0.2) is 0 Å². The Morgan fingerprint density at radius 1 is 1.05 bits per heavy atom. The quantitative estimate of drug-likeness (QED) is 0.733. The van der Waals surface area contributed by atoms with Crippen LogP contribution in [0.15, 0.2) is 10.5 Å². The molecule has 2 fully saturated rings. The van der Waals surface area contributed by atoms with Gasteiger partial charge < -0.3 is 9.47 Å². The van der Waals surface area contributed by atoms with Gasteiger partial charge >= 0.3 is 0 Å². The van der Waals surface area contributed by atoms with Crippen molar-refractivity contribution in [3.63, 3.8) is 0 Å². The number of aryl methyl sites for hydroxylation is 1. The molecule has 3 rings (SSSR count). The van der Waals surface area contributed by atoms with Crippen LogP contribution in [0.2, 0.25) is 0 Å². The molecule has 2 aliphatic rings. The molecule has 0 N–H and O–H groups in total. The number of ether oxygens (including phenoxy) is 2. The largest absolute Gasteiger partial charge is 0.348 e. The summed E-state index contributed by atoms with van der Waals surface area (Å²) in [5.74, 6) is 0.406. The van der Waals surface area contributed by atoms with E-state index in [1.807, 2.05) is 0 Å². The summed E-state index contributed by atoms with van der Waals surface area (Å²) in [4.78, 5) is 0. The van der Waals surface area contributed by atoms with E-state index >= 15 is 0 Å². The van der Waals surface area contributed by atoms with Crippen molar-refractivity contribution in [3.8, 4) is 0 Å². The highest BCUT2D eigenvalue weighted by atomic mass is 79.9. The molecule has 0 radical (unpaired) electrons. The average molecular weight is 339 g/mol. The smallest absolute Gasteiger partial charge is 0.168 e. The van der Waals surface area contributed by atoms with E-state index in [-0.39, 0.29) is 5.79 Å². The first-order valence-corrected chi connectivity index (χ1v) is 8.36. The molecule has 1 aliphatic carbocycles. The summed E-state index contributed by atoms with van der Waals surface area (Å²) < 4.78 is 12.9. The maximum Gasteiger partial charge on any atom is 0.168 e. The highest BCUT2D eigenvalue weighted by Gasteiger charge is 2.40. The third-order valence-electron chi connectivity index (χ3n) is 5.04. The molecule has 1 heterocycles. The lowest BCUT2D eigenvalue weighted by molar-refractivity contribution is -0.178. The van der Waals surface area contributed by atoms with E-state index in [1.165, 1.54) is 39.6 Å². The second kappa shape index (κ2) is 5.43. The van der Waals surface area contributed by atoms with Gasteiger partial charge in [0.05, 0.1) is 13.2 Å². The summed E-state index contributed by atoms with van der Waals surface area (Å²) in [5, 5.41) is 0. The van der Waals surface area contributed by atoms with Crippen LogP contribution in [0.4, 0.5) is 0 Å². The normalized spacial score (nSPS) is 22.6. The summed E-state index contributed by atoms with van der Waals surface area (Å²) in [7, 11) is 0. The topological polar surface area (TPSA) is 18.5 Å². The second-order valence-electron chi connectivity index (χ2n) is 6.23. The monoisotopic (exact) mass is 338 g/mol. The Balaban J connectivity index is 1.81. The van der Waals surface area contributed by atoms with Crippen molar-refractivity contribution in [1.82, 2.24) is 0 Å². The van der Waals surface area contributed by atoms with Gasteiger partial charge in [0.15, 0.2) is 5.79 Å². The SMILES string of the molecule is Cc1cc(C2CCC3(CC2)OCCO3)c(C)c(C)c1Br. The first-order chi connectivity index (χ1) is 9.52. The van der Waals surface area contributed by atoms with E-state index in [4.69, 9.17) is 9.47 Å². The maximum atomic E-state index is 5.83. The van der Waals surface area contributed by atoms with Crippen LogP contribution in [0.25, 0.3) is 0 Å². The highest BCUT2D eigenvalue weighted by molar-refractivity contribution is 9.10. The Kier molecular flexibility index (Phi) is 3.95. The minimum absolute atomic E-state index is 0.246. The zero-order valence-electron chi connectivity index (χ0n) is 12.6. The molecule has 0 atom stereocenters. The number of halogens is 1. The first-order valence-electron chi connectivity index (χ1n) is 7.56. The fourth-order valence-corrected chi connectivity index (χ4v) is 4.07. The Morgan fingerprint density at radius 2 is 1.65 bits per heavy atom.